The highest BCUT2D eigenvalue weighted by atomic mass is 32.1. The van der Waals surface area contributed by atoms with Crippen LogP contribution in [0.15, 0.2) is 82.8 Å². The van der Waals surface area contributed by atoms with Crippen LogP contribution in [0.3, 0.4) is 0 Å². The Bertz CT molecular complexity index is 1470. The van der Waals surface area contributed by atoms with Gasteiger partial charge in [-0.25, -0.2) is 4.79 Å². The zero-order valence-electron chi connectivity index (χ0n) is 18.0. The number of anilines is 1. The Morgan fingerprint density at radius 1 is 1.00 bits per heavy atom. The molecule has 5 rings (SSSR count). The van der Waals surface area contributed by atoms with E-state index < -0.39 is 5.97 Å². The van der Waals surface area contributed by atoms with E-state index in [1.54, 1.807) is 13.2 Å². The lowest BCUT2D eigenvalue weighted by molar-refractivity contribution is -0.115. The lowest BCUT2D eigenvalue weighted by atomic mass is 10.0. The summed E-state index contributed by atoms with van der Waals surface area (Å²) in [7, 11) is 0. The summed E-state index contributed by atoms with van der Waals surface area (Å²) in [5, 5.41) is 8.35. The molecular weight excluding hydrogens is 434 g/mol. The Morgan fingerprint density at radius 2 is 1.79 bits per heavy atom. The number of ether oxygens (including phenoxy) is 1. The third-order valence-electron chi connectivity index (χ3n) is 5.50. The van der Waals surface area contributed by atoms with Crippen molar-refractivity contribution in [2.45, 2.75) is 13.3 Å². The first kappa shape index (κ1) is 21.0. The normalized spacial score (nSPS) is 11.1. The molecule has 164 valence electrons. The molecular formula is C27H21NO4S. The molecule has 1 N–H and O–H groups in total. The van der Waals surface area contributed by atoms with Gasteiger partial charge in [0.25, 0.3) is 0 Å². The van der Waals surface area contributed by atoms with Crippen molar-refractivity contribution in [2.24, 2.45) is 0 Å². The van der Waals surface area contributed by atoms with Crippen LogP contribution in [0.1, 0.15) is 22.8 Å². The van der Waals surface area contributed by atoms with Crippen LogP contribution in [0.25, 0.3) is 32.9 Å². The molecule has 33 heavy (non-hydrogen) atoms. The minimum absolute atomic E-state index is 0.127. The van der Waals surface area contributed by atoms with Crippen molar-refractivity contribution in [3.05, 3.63) is 89.5 Å². The van der Waals surface area contributed by atoms with Crippen molar-refractivity contribution in [3.63, 3.8) is 0 Å². The van der Waals surface area contributed by atoms with Crippen molar-refractivity contribution in [1.82, 2.24) is 0 Å². The number of furan rings is 1. The van der Waals surface area contributed by atoms with Gasteiger partial charge in [0.05, 0.1) is 19.3 Å². The predicted octanol–water partition coefficient (Wildman–Crippen LogP) is 6.67. The second-order valence-electron chi connectivity index (χ2n) is 7.59. The summed E-state index contributed by atoms with van der Waals surface area (Å²) in [5.74, 6) is -0.676. The molecule has 0 saturated carbocycles. The van der Waals surface area contributed by atoms with Crippen molar-refractivity contribution in [3.8, 4) is 11.1 Å². The average molecular weight is 456 g/mol. The molecule has 0 radical (unpaired) electrons. The summed E-state index contributed by atoms with van der Waals surface area (Å²) in [6.45, 7) is 2.02. The number of fused-ring (bicyclic) bond motifs is 3. The fourth-order valence-electron chi connectivity index (χ4n) is 4.03. The quantitative estimate of drug-likeness (QED) is 0.290. The van der Waals surface area contributed by atoms with Gasteiger partial charge >= 0.3 is 5.97 Å². The van der Waals surface area contributed by atoms with Crippen molar-refractivity contribution < 1.29 is 18.7 Å². The molecule has 0 aliphatic carbocycles. The Labute approximate surface area is 194 Å². The minimum atomic E-state index is -0.451. The topological polar surface area (TPSA) is 68.5 Å². The Morgan fingerprint density at radius 3 is 2.61 bits per heavy atom. The number of hydrogen-bond acceptors (Lipinski definition) is 5. The average Bonchev–Trinajstić information content (AvgIpc) is 3.44. The van der Waals surface area contributed by atoms with E-state index in [4.69, 9.17) is 9.15 Å². The zero-order valence-corrected chi connectivity index (χ0v) is 18.8. The van der Waals surface area contributed by atoms with E-state index >= 15 is 0 Å². The highest BCUT2D eigenvalue weighted by Gasteiger charge is 2.23. The summed E-state index contributed by atoms with van der Waals surface area (Å²) in [4.78, 5) is 25.8. The Hall–Kier alpha value is -3.90. The van der Waals surface area contributed by atoms with E-state index in [1.165, 1.54) is 11.3 Å². The molecule has 0 spiro atoms. The first-order chi connectivity index (χ1) is 16.2. The maximum Gasteiger partial charge on any atom is 0.341 e. The predicted molar refractivity (Wildman–Crippen MR) is 132 cm³/mol. The summed E-state index contributed by atoms with van der Waals surface area (Å²) < 4.78 is 11.0. The zero-order chi connectivity index (χ0) is 22.8. The van der Waals surface area contributed by atoms with Crippen LogP contribution in [0, 0.1) is 0 Å². The molecule has 5 aromatic rings. The number of amides is 1. The van der Waals surface area contributed by atoms with Crippen LogP contribution >= 0.6 is 11.3 Å². The second kappa shape index (κ2) is 8.92. The van der Waals surface area contributed by atoms with Crippen LogP contribution in [0.2, 0.25) is 0 Å². The highest BCUT2D eigenvalue weighted by molar-refractivity contribution is 7.15. The molecule has 0 atom stereocenters. The van der Waals surface area contributed by atoms with Gasteiger partial charge in [0.2, 0.25) is 5.91 Å². The van der Waals surface area contributed by atoms with E-state index in [0.717, 1.165) is 38.4 Å². The summed E-state index contributed by atoms with van der Waals surface area (Å²) in [6.07, 6.45) is 1.76. The molecule has 5 nitrogen and oxygen atoms in total. The first-order valence-electron chi connectivity index (χ1n) is 10.7. The van der Waals surface area contributed by atoms with Gasteiger partial charge in [-0.05, 0) is 29.3 Å². The fourth-order valence-corrected chi connectivity index (χ4v) is 5.01. The van der Waals surface area contributed by atoms with Crippen LogP contribution in [0.5, 0.6) is 0 Å². The molecule has 0 saturated heterocycles. The monoisotopic (exact) mass is 455 g/mol. The van der Waals surface area contributed by atoms with Gasteiger partial charge in [0.15, 0.2) is 0 Å². The van der Waals surface area contributed by atoms with Gasteiger partial charge in [-0.15, -0.1) is 11.3 Å². The van der Waals surface area contributed by atoms with Gasteiger partial charge in [-0.1, -0.05) is 60.7 Å². The van der Waals surface area contributed by atoms with Gasteiger partial charge in [0.1, 0.15) is 16.1 Å². The van der Waals surface area contributed by atoms with Crippen LogP contribution < -0.4 is 5.32 Å². The van der Waals surface area contributed by atoms with Crippen LogP contribution in [-0.4, -0.2) is 18.5 Å². The lowest BCUT2D eigenvalue weighted by Gasteiger charge is -2.09. The van der Waals surface area contributed by atoms with Crippen LogP contribution in [-0.2, 0) is 16.0 Å². The Balaban J connectivity index is 1.47. The number of carbonyl (C=O) groups excluding carboxylic acids is 2. The number of carbonyl (C=O) groups is 2. The van der Waals surface area contributed by atoms with Crippen molar-refractivity contribution in [1.29, 1.82) is 0 Å². The van der Waals surface area contributed by atoms with Gasteiger partial charge in [0, 0.05) is 21.9 Å². The molecule has 0 aliphatic heterocycles. The van der Waals surface area contributed by atoms with E-state index in [-0.39, 0.29) is 18.9 Å². The van der Waals surface area contributed by atoms with E-state index in [2.05, 4.69) is 5.32 Å². The van der Waals surface area contributed by atoms with Crippen LogP contribution in [0.4, 0.5) is 5.00 Å². The van der Waals surface area contributed by atoms with Crippen molar-refractivity contribution in [2.75, 3.05) is 11.9 Å². The largest absolute Gasteiger partial charge is 0.464 e. The van der Waals surface area contributed by atoms with Crippen molar-refractivity contribution >= 4 is 50.0 Å². The smallest absolute Gasteiger partial charge is 0.341 e. The molecule has 0 aliphatic rings. The summed E-state index contributed by atoms with van der Waals surface area (Å²) in [5.41, 5.74) is 3.56. The number of hydrogen-bond donors (Lipinski definition) is 1. The highest BCUT2D eigenvalue weighted by Crippen LogP contribution is 2.36. The molecule has 2 aromatic heterocycles. The van der Waals surface area contributed by atoms with Gasteiger partial charge < -0.3 is 14.5 Å². The van der Waals surface area contributed by atoms with E-state index in [0.29, 0.717) is 10.6 Å². The van der Waals surface area contributed by atoms with Gasteiger partial charge in [-0.2, -0.15) is 0 Å². The number of esters is 1. The Kier molecular flexibility index (Phi) is 5.67. The van der Waals surface area contributed by atoms with E-state index in [1.807, 2.05) is 72.1 Å². The lowest BCUT2D eigenvalue weighted by Crippen LogP contribution is -2.16. The molecule has 0 bridgehead atoms. The maximum absolute atomic E-state index is 13.0. The standard InChI is InChI=1S/C27H21NO4S/c1-2-31-27(30)25-21(17-8-4-3-5-9-17)16-33-26(25)28-23(29)14-19-15-32-22-13-12-18-10-6-7-11-20(18)24(19)22/h3-13,15-16H,2,14H2,1H3,(H,28,29). The third kappa shape index (κ3) is 4.01. The fraction of sp³-hybridized carbons (Fsp3) is 0.111. The number of benzene rings is 3. The van der Waals surface area contributed by atoms with E-state index in [9.17, 15) is 9.59 Å². The minimum Gasteiger partial charge on any atom is -0.464 e. The maximum atomic E-state index is 13.0. The molecule has 1 amide bonds. The molecule has 6 heteroatoms. The molecule has 3 aromatic carbocycles. The summed E-state index contributed by atoms with van der Waals surface area (Å²) in [6, 6.07) is 21.5. The van der Waals surface area contributed by atoms with Gasteiger partial charge in [-0.3, -0.25) is 4.79 Å². The number of nitrogens with one attached hydrogen (secondary N) is 1. The molecule has 0 fully saturated rings. The molecule has 0 unspecified atom stereocenters. The second-order valence-corrected chi connectivity index (χ2v) is 8.47. The third-order valence-corrected chi connectivity index (χ3v) is 6.39. The SMILES string of the molecule is CCOC(=O)c1c(-c2ccccc2)csc1NC(=O)Cc1coc2ccc3ccccc3c12. The number of thiophene rings is 1. The molecule has 2 heterocycles. The summed E-state index contributed by atoms with van der Waals surface area (Å²) >= 11 is 1.32. The first-order valence-corrected chi connectivity index (χ1v) is 11.6. The number of rotatable bonds is 6.